The Morgan fingerprint density at radius 2 is 2.22 bits per heavy atom. The van der Waals surface area contributed by atoms with Crippen molar-refractivity contribution in [2.75, 3.05) is 19.8 Å². The second kappa shape index (κ2) is 4.93. The molecule has 18 heavy (non-hydrogen) atoms. The molecule has 1 fully saturated rings. The van der Waals surface area contributed by atoms with Crippen LogP contribution >= 0.6 is 0 Å². The highest BCUT2D eigenvalue weighted by atomic mass is 16.5. The Morgan fingerprint density at radius 3 is 2.72 bits per heavy atom. The molecule has 6 nitrogen and oxygen atoms in total. The second-order valence-electron chi connectivity index (χ2n) is 6.28. The average molecular weight is 253 g/mol. The van der Waals surface area contributed by atoms with Crippen molar-refractivity contribution in [3.05, 3.63) is 5.82 Å². The lowest BCUT2D eigenvalue weighted by atomic mass is 9.82. The number of hydrogen-bond acceptors (Lipinski definition) is 5. The summed E-state index contributed by atoms with van der Waals surface area (Å²) in [4.78, 5) is 1.51. The first kappa shape index (κ1) is 13.4. The molecule has 0 bridgehead atoms. The molecule has 1 aliphatic heterocycles. The average Bonchev–Trinajstić information content (AvgIpc) is 2.86. The Hall–Kier alpha value is -1.01. The van der Waals surface area contributed by atoms with Gasteiger partial charge in [-0.3, -0.25) is 0 Å². The number of nitrogens with zero attached hydrogens (tertiary/aromatic N) is 4. The molecular weight excluding hydrogens is 230 g/mol. The second-order valence-corrected chi connectivity index (χ2v) is 6.28. The summed E-state index contributed by atoms with van der Waals surface area (Å²) in [6, 6.07) is 0. The molecule has 1 N–H and O–H groups in total. The standard InChI is InChI=1S/C12H23N5O/c1-11(2,3)13-8-12(5-6-18-9-12)7-10-14-16-17(4)15-10/h13H,5-9H2,1-4H3. The van der Waals surface area contributed by atoms with Crippen LogP contribution in [0.15, 0.2) is 0 Å². The van der Waals surface area contributed by atoms with Crippen molar-refractivity contribution in [2.45, 2.75) is 39.2 Å². The number of hydrogen-bond donors (Lipinski definition) is 1. The van der Waals surface area contributed by atoms with Crippen molar-refractivity contribution in [2.24, 2.45) is 12.5 Å². The van der Waals surface area contributed by atoms with E-state index >= 15 is 0 Å². The third-order valence-corrected chi connectivity index (χ3v) is 3.26. The molecule has 2 heterocycles. The van der Waals surface area contributed by atoms with Gasteiger partial charge < -0.3 is 10.1 Å². The number of tetrazole rings is 1. The summed E-state index contributed by atoms with van der Waals surface area (Å²) >= 11 is 0. The fraction of sp³-hybridized carbons (Fsp3) is 0.917. The van der Waals surface area contributed by atoms with Crippen LogP contribution in [-0.4, -0.2) is 45.5 Å². The molecule has 1 saturated heterocycles. The molecule has 2 rings (SSSR count). The van der Waals surface area contributed by atoms with Gasteiger partial charge in [0.1, 0.15) is 0 Å². The summed E-state index contributed by atoms with van der Waals surface area (Å²) < 4.78 is 5.58. The van der Waals surface area contributed by atoms with E-state index in [2.05, 4.69) is 41.5 Å². The molecule has 1 aromatic rings. The van der Waals surface area contributed by atoms with Crippen molar-refractivity contribution >= 4 is 0 Å². The van der Waals surface area contributed by atoms with E-state index in [4.69, 9.17) is 4.74 Å². The number of rotatable bonds is 4. The molecule has 102 valence electrons. The van der Waals surface area contributed by atoms with Gasteiger partial charge in [-0.15, -0.1) is 10.2 Å². The summed E-state index contributed by atoms with van der Waals surface area (Å²) in [5, 5.41) is 15.8. The van der Waals surface area contributed by atoms with E-state index in [0.29, 0.717) is 0 Å². The minimum Gasteiger partial charge on any atom is -0.381 e. The topological polar surface area (TPSA) is 64.9 Å². The maximum absolute atomic E-state index is 5.58. The highest BCUT2D eigenvalue weighted by molar-refractivity contribution is 4.95. The number of aryl methyl sites for hydroxylation is 1. The Morgan fingerprint density at radius 1 is 1.44 bits per heavy atom. The zero-order chi connectivity index (χ0) is 13.2. The Balaban J connectivity index is 2.02. The van der Waals surface area contributed by atoms with E-state index in [1.54, 1.807) is 7.05 Å². The zero-order valence-corrected chi connectivity index (χ0v) is 11.7. The van der Waals surface area contributed by atoms with Crippen LogP contribution in [0.5, 0.6) is 0 Å². The van der Waals surface area contributed by atoms with Gasteiger partial charge in [-0.25, -0.2) is 0 Å². The van der Waals surface area contributed by atoms with Crippen molar-refractivity contribution < 1.29 is 4.74 Å². The third kappa shape index (κ3) is 3.49. The quantitative estimate of drug-likeness (QED) is 0.849. The van der Waals surface area contributed by atoms with Gasteiger partial charge in [0.25, 0.3) is 0 Å². The first-order valence-electron chi connectivity index (χ1n) is 6.44. The first-order valence-corrected chi connectivity index (χ1v) is 6.44. The first-order chi connectivity index (χ1) is 8.39. The van der Waals surface area contributed by atoms with Gasteiger partial charge in [0.15, 0.2) is 5.82 Å². The Kier molecular flexibility index (Phi) is 3.68. The molecule has 6 heteroatoms. The van der Waals surface area contributed by atoms with Crippen molar-refractivity contribution in [1.82, 2.24) is 25.5 Å². The van der Waals surface area contributed by atoms with Gasteiger partial charge in [0.2, 0.25) is 0 Å². The summed E-state index contributed by atoms with van der Waals surface area (Å²) in [5.74, 6) is 0.804. The maximum Gasteiger partial charge on any atom is 0.175 e. The minimum absolute atomic E-state index is 0.107. The van der Waals surface area contributed by atoms with E-state index in [9.17, 15) is 0 Å². The molecular formula is C12H23N5O. The SMILES string of the molecule is Cn1nnc(CC2(CNC(C)(C)C)CCOC2)n1. The van der Waals surface area contributed by atoms with Crippen molar-refractivity contribution in [3.63, 3.8) is 0 Å². The van der Waals surface area contributed by atoms with Crippen LogP contribution in [0.4, 0.5) is 0 Å². The van der Waals surface area contributed by atoms with Gasteiger partial charge in [-0.1, -0.05) is 0 Å². The summed E-state index contributed by atoms with van der Waals surface area (Å²) in [7, 11) is 1.79. The monoisotopic (exact) mass is 253 g/mol. The zero-order valence-electron chi connectivity index (χ0n) is 11.7. The lowest BCUT2D eigenvalue weighted by Crippen LogP contribution is -2.45. The summed E-state index contributed by atoms with van der Waals surface area (Å²) in [5.41, 5.74) is 0.224. The highest BCUT2D eigenvalue weighted by Gasteiger charge is 2.37. The highest BCUT2D eigenvalue weighted by Crippen LogP contribution is 2.31. The van der Waals surface area contributed by atoms with E-state index in [-0.39, 0.29) is 11.0 Å². The van der Waals surface area contributed by atoms with E-state index in [1.165, 1.54) is 4.80 Å². The largest absolute Gasteiger partial charge is 0.381 e. The predicted molar refractivity (Wildman–Crippen MR) is 68.1 cm³/mol. The summed E-state index contributed by atoms with van der Waals surface area (Å²) in [6.07, 6.45) is 1.87. The molecule has 0 amide bonds. The van der Waals surface area contributed by atoms with Crippen molar-refractivity contribution in [3.8, 4) is 0 Å². The molecule has 0 aromatic carbocycles. The Labute approximate surface area is 108 Å². The molecule has 0 radical (unpaired) electrons. The van der Waals surface area contributed by atoms with Gasteiger partial charge in [0.05, 0.1) is 13.7 Å². The van der Waals surface area contributed by atoms with Gasteiger partial charge in [0, 0.05) is 30.5 Å². The number of aromatic nitrogens is 4. The molecule has 0 aliphatic carbocycles. The van der Waals surface area contributed by atoms with E-state index in [0.717, 1.165) is 38.4 Å². The van der Waals surface area contributed by atoms with Crippen LogP contribution in [0.1, 0.15) is 33.0 Å². The van der Waals surface area contributed by atoms with Gasteiger partial charge in [-0.2, -0.15) is 4.80 Å². The van der Waals surface area contributed by atoms with Crippen LogP contribution in [0, 0.1) is 5.41 Å². The van der Waals surface area contributed by atoms with Crippen LogP contribution in [0.2, 0.25) is 0 Å². The maximum atomic E-state index is 5.58. The van der Waals surface area contributed by atoms with E-state index in [1.807, 2.05) is 0 Å². The van der Waals surface area contributed by atoms with Gasteiger partial charge in [-0.05, 0) is 32.4 Å². The molecule has 0 spiro atoms. The van der Waals surface area contributed by atoms with Crippen LogP contribution < -0.4 is 5.32 Å². The van der Waals surface area contributed by atoms with E-state index < -0.39 is 0 Å². The van der Waals surface area contributed by atoms with Crippen LogP contribution in [-0.2, 0) is 18.2 Å². The number of nitrogens with one attached hydrogen (secondary N) is 1. The third-order valence-electron chi connectivity index (χ3n) is 3.26. The smallest absolute Gasteiger partial charge is 0.175 e. The molecule has 0 saturated carbocycles. The lowest BCUT2D eigenvalue weighted by molar-refractivity contribution is 0.142. The molecule has 1 unspecified atom stereocenters. The van der Waals surface area contributed by atoms with Crippen molar-refractivity contribution in [1.29, 1.82) is 0 Å². The minimum atomic E-state index is 0.107. The molecule has 1 aliphatic rings. The fourth-order valence-corrected chi connectivity index (χ4v) is 2.17. The van der Waals surface area contributed by atoms with Gasteiger partial charge >= 0.3 is 0 Å². The predicted octanol–water partition coefficient (Wildman–Crippen LogP) is 0.547. The van der Waals surface area contributed by atoms with Crippen LogP contribution in [0.3, 0.4) is 0 Å². The Bertz CT molecular complexity index is 389. The fourth-order valence-electron chi connectivity index (χ4n) is 2.17. The normalized spacial score (nSPS) is 24.7. The lowest BCUT2D eigenvalue weighted by Gasteiger charge is -2.31. The molecule has 1 atom stereocenters. The summed E-state index contributed by atoms with van der Waals surface area (Å²) in [6.45, 7) is 9.06. The number of ether oxygens (including phenoxy) is 1. The molecule has 1 aromatic heterocycles. The van der Waals surface area contributed by atoms with Crippen LogP contribution in [0.25, 0.3) is 0 Å².